The molecule has 1 aromatic carbocycles. The summed E-state index contributed by atoms with van der Waals surface area (Å²) < 4.78 is 5.61. The number of rotatable bonds is 5. The molecule has 1 heterocycles. The van der Waals surface area contributed by atoms with Crippen molar-refractivity contribution >= 4 is 11.7 Å². The highest BCUT2D eigenvalue weighted by molar-refractivity contribution is 5.59. The van der Waals surface area contributed by atoms with Gasteiger partial charge in [-0.25, -0.2) is 0 Å². The van der Waals surface area contributed by atoms with E-state index < -0.39 is 0 Å². The van der Waals surface area contributed by atoms with Crippen molar-refractivity contribution in [2.75, 3.05) is 5.32 Å². The van der Waals surface area contributed by atoms with Crippen molar-refractivity contribution in [3.8, 4) is 0 Å². The summed E-state index contributed by atoms with van der Waals surface area (Å²) >= 11 is 0. The van der Waals surface area contributed by atoms with Gasteiger partial charge in [0.2, 0.25) is 5.89 Å². The van der Waals surface area contributed by atoms with E-state index >= 15 is 0 Å². The fourth-order valence-electron chi connectivity index (χ4n) is 2.03. The number of anilines is 2. The fraction of sp³-hybridized carbons (Fsp3) is 0.500. The van der Waals surface area contributed by atoms with Crippen LogP contribution in [0.1, 0.15) is 46.1 Å². The first kappa shape index (κ1) is 15.5. The highest BCUT2D eigenvalue weighted by Crippen LogP contribution is 2.30. The minimum absolute atomic E-state index is 0.0473. The van der Waals surface area contributed by atoms with Crippen molar-refractivity contribution in [3.63, 3.8) is 0 Å². The Morgan fingerprint density at radius 1 is 1.14 bits per heavy atom. The molecule has 1 aromatic heterocycles. The Labute approximate surface area is 126 Å². The molecule has 0 bridgehead atoms. The van der Waals surface area contributed by atoms with Crippen LogP contribution in [-0.2, 0) is 12.0 Å². The van der Waals surface area contributed by atoms with Crippen LogP contribution in [-0.4, -0.2) is 16.2 Å². The number of nitrogens with one attached hydrogen (secondary N) is 2. The van der Waals surface area contributed by atoms with Gasteiger partial charge in [-0.2, -0.15) is 0 Å². The highest BCUT2D eigenvalue weighted by atomic mass is 16.4. The first-order chi connectivity index (χ1) is 9.86. The smallest absolute Gasteiger partial charge is 0.320 e. The first-order valence-electron chi connectivity index (χ1n) is 7.28. The lowest BCUT2D eigenvalue weighted by atomic mass is 9.86. The lowest BCUT2D eigenvalue weighted by Gasteiger charge is -2.22. The van der Waals surface area contributed by atoms with Gasteiger partial charge in [0.1, 0.15) is 0 Å². The number of aromatic nitrogens is 2. The summed E-state index contributed by atoms with van der Waals surface area (Å²) in [6, 6.07) is 8.98. The Morgan fingerprint density at radius 2 is 1.86 bits per heavy atom. The number of para-hydroxylation sites is 1. The number of nitrogens with zero attached hydrogens (tertiary/aromatic N) is 2. The second-order valence-corrected chi connectivity index (χ2v) is 6.46. The van der Waals surface area contributed by atoms with Crippen LogP contribution in [0.3, 0.4) is 0 Å². The van der Waals surface area contributed by atoms with Gasteiger partial charge in [0.25, 0.3) is 0 Å². The molecule has 0 atom stereocenters. The lowest BCUT2D eigenvalue weighted by molar-refractivity contribution is 0.460. The SMILES string of the molecule is CC(C)NCc1nnc(Nc2ccccc2C(C)(C)C)o1. The molecule has 0 aliphatic carbocycles. The van der Waals surface area contributed by atoms with Gasteiger partial charge in [-0.05, 0) is 17.0 Å². The van der Waals surface area contributed by atoms with E-state index in [1.165, 1.54) is 5.56 Å². The quantitative estimate of drug-likeness (QED) is 0.880. The van der Waals surface area contributed by atoms with Crippen LogP contribution in [0.5, 0.6) is 0 Å². The Kier molecular flexibility index (Phi) is 4.63. The lowest BCUT2D eigenvalue weighted by Crippen LogP contribution is -2.21. The zero-order valence-electron chi connectivity index (χ0n) is 13.4. The Bertz CT molecular complexity index is 584. The van der Waals surface area contributed by atoms with Gasteiger partial charge in [-0.3, -0.25) is 0 Å². The van der Waals surface area contributed by atoms with Crippen LogP contribution in [0.15, 0.2) is 28.7 Å². The molecule has 5 nitrogen and oxygen atoms in total. The Morgan fingerprint density at radius 3 is 2.52 bits per heavy atom. The van der Waals surface area contributed by atoms with Crippen LogP contribution < -0.4 is 10.6 Å². The maximum absolute atomic E-state index is 5.61. The predicted molar refractivity (Wildman–Crippen MR) is 84.7 cm³/mol. The van der Waals surface area contributed by atoms with Gasteiger partial charge < -0.3 is 15.1 Å². The summed E-state index contributed by atoms with van der Waals surface area (Å²) in [4.78, 5) is 0. The van der Waals surface area contributed by atoms with Crippen LogP contribution in [0, 0.1) is 0 Å². The van der Waals surface area contributed by atoms with Gasteiger partial charge in [0.05, 0.1) is 6.54 Å². The molecule has 0 aliphatic rings. The summed E-state index contributed by atoms with van der Waals surface area (Å²) in [5.74, 6) is 0.583. The maximum atomic E-state index is 5.61. The molecular formula is C16H24N4O. The largest absolute Gasteiger partial charge is 0.406 e. The molecule has 0 saturated carbocycles. The van der Waals surface area contributed by atoms with E-state index in [9.17, 15) is 0 Å². The van der Waals surface area contributed by atoms with Gasteiger partial charge in [0.15, 0.2) is 0 Å². The average molecular weight is 288 g/mol. The molecule has 0 saturated heterocycles. The molecule has 0 spiro atoms. The van der Waals surface area contributed by atoms with E-state index in [4.69, 9.17) is 4.42 Å². The minimum Gasteiger partial charge on any atom is -0.406 e. The van der Waals surface area contributed by atoms with Crippen LogP contribution in [0.2, 0.25) is 0 Å². The minimum atomic E-state index is 0.0473. The van der Waals surface area contributed by atoms with E-state index in [2.05, 4.69) is 61.5 Å². The standard InChI is InChI=1S/C16H24N4O/c1-11(2)17-10-14-19-20-15(21-14)18-13-9-7-6-8-12(13)16(3,4)5/h6-9,11,17H,10H2,1-5H3,(H,18,20). The predicted octanol–water partition coefficient (Wildman–Crippen LogP) is 3.61. The maximum Gasteiger partial charge on any atom is 0.320 e. The van der Waals surface area contributed by atoms with Crippen LogP contribution >= 0.6 is 0 Å². The number of hydrogen-bond donors (Lipinski definition) is 2. The zero-order chi connectivity index (χ0) is 15.5. The molecule has 114 valence electrons. The third-order valence-electron chi connectivity index (χ3n) is 3.11. The van der Waals surface area contributed by atoms with Gasteiger partial charge in [0, 0.05) is 11.7 Å². The molecule has 2 rings (SSSR count). The average Bonchev–Trinajstić information content (AvgIpc) is 2.83. The van der Waals surface area contributed by atoms with Gasteiger partial charge in [-0.1, -0.05) is 57.9 Å². The Hall–Kier alpha value is -1.88. The van der Waals surface area contributed by atoms with Crippen molar-refractivity contribution in [3.05, 3.63) is 35.7 Å². The second kappa shape index (κ2) is 6.26. The van der Waals surface area contributed by atoms with Gasteiger partial charge >= 0.3 is 6.01 Å². The molecule has 2 aromatic rings. The Balaban J connectivity index is 2.12. The first-order valence-corrected chi connectivity index (χ1v) is 7.28. The summed E-state index contributed by atoms with van der Waals surface area (Å²) in [5, 5.41) is 14.5. The monoisotopic (exact) mass is 288 g/mol. The highest BCUT2D eigenvalue weighted by Gasteiger charge is 2.18. The molecule has 2 N–H and O–H groups in total. The van der Waals surface area contributed by atoms with Crippen LogP contribution in [0.25, 0.3) is 0 Å². The summed E-state index contributed by atoms with van der Waals surface area (Å²) in [5.41, 5.74) is 2.26. The van der Waals surface area contributed by atoms with E-state index in [1.807, 2.05) is 18.2 Å². The molecule has 0 unspecified atom stereocenters. The third-order valence-corrected chi connectivity index (χ3v) is 3.11. The third kappa shape index (κ3) is 4.29. The summed E-state index contributed by atoms with van der Waals surface area (Å²) in [7, 11) is 0. The van der Waals surface area contributed by atoms with Crippen molar-refractivity contribution in [2.45, 2.75) is 52.6 Å². The van der Waals surface area contributed by atoms with E-state index in [1.54, 1.807) is 0 Å². The topological polar surface area (TPSA) is 63.0 Å². The van der Waals surface area contributed by atoms with E-state index in [0.717, 1.165) is 5.69 Å². The van der Waals surface area contributed by atoms with Crippen molar-refractivity contribution < 1.29 is 4.42 Å². The second-order valence-electron chi connectivity index (χ2n) is 6.46. The summed E-state index contributed by atoms with van der Waals surface area (Å²) in [6.45, 7) is 11.3. The molecule has 0 aliphatic heterocycles. The molecule has 0 fully saturated rings. The molecular weight excluding hydrogens is 264 g/mol. The number of benzene rings is 1. The van der Waals surface area contributed by atoms with Crippen molar-refractivity contribution in [1.29, 1.82) is 0 Å². The molecule has 0 amide bonds. The van der Waals surface area contributed by atoms with Crippen molar-refractivity contribution in [2.24, 2.45) is 0 Å². The van der Waals surface area contributed by atoms with Crippen molar-refractivity contribution in [1.82, 2.24) is 15.5 Å². The molecule has 21 heavy (non-hydrogen) atoms. The van der Waals surface area contributed by atoms with Gasteiger partial charge in [-0.15, -0.1) is 5.10 Å². The molecule has 5 heteroatoms. The number of hydrogen-bond acceptors (Lipinski definition) is 5. The molecule has 0 radical (unpaired) electrons. The fourth-order valence-corrected chi connectivity index (χ4v) is 2.03. The summed E-state index contributed by atoms with van der Waals surface area (Å²) in [6.07, 6.45) is 0. The van der Waals surface area contributed by atoms with Crippen LogP contribution in [0.4, 0.5) is 11.7 Å². The van der Waals surface area contributed by atoms with E-state index in [0.29, 0.717) is 24.5 Å². The zero-order valence-corrected chi connectivity index (χ0v) is 13.4. The van der Waals surface area contributed by atoms with E-state index in [-0.39, 0.29) is 5.41 Å². The normalized spacial score (nSPS) is 11.9.